The van der Waals surface area contributed by atoms with E-state index in [0.29, 0.717) is 17.2 Å². The maximum atomic E-state index is 13.1. The fourth-order valence-corrected chi connectivity index (χ4v) is 2.11. The highest BCUT2D eigenvalue weighted by molar-refractivity contribution is 7.59. The Morgan fingerprint density at radius 2 is 1.57 bits per heavy atom. The van der Waals surface area contributed by atoms with Gasteiger partial charge in [0.2, 0.25) is 17.2 Å². The molecule has 2 aromatic heterocycles. The average molecular weight is 430 g/mol. The van der Waals surface area contributed by atoms with Crippen molar-refractivity contribution < 1.29 is 21.4 Å². The highest BCUT2D eigenvalue weighted by Crippen LogP contribution is 2.21. The Morgan fingerprint density at radius 1 is 0.929 bits per heavy atom. The summed E-state index contributed by atoms with van der Waals surface area (Å²) in [6.45, 7) is 1.69. The van der Waals surface area contributed by atoms with Crippen LogP contribution < -0.4 is 10.6 Å². The van der Waals surface area contributed by atoms with E-state index in [4.69, 9.17) is 24.2 Å². The van der Waals surface area contributed by atoms with Crippen molar-refractivity contribution in [3.05, 3.63) is 53.5 Å². The molecule has 0 bridgehead atoms. The van der Waals surface area contributed by atoms with Gasteiger partial charge in [-0.25, -0.2) is 4.98 Å². The smallest absolute Gasteiger partial charge is 0.340 e. The molecule has 0 saturated heterocycles. The summed E-state index contributed by atoms with van der Waals surface area (Å²) in [5.74, 6) is -0.215. The molecule has 28 heavy (non-hydrogen) atoms. The fourth-order valence-electron chi connectivity index (χ4n) is 1.91. The number of hydrogen-bond acceptors (Lipinski definition) is 10. The van der Waals surface area contributed by atoms with E-state index in [0.717, 1.165) is 6.07 Å². The standard InChI is InChI=1S/C14H10ClF2N7.O3S/c1-7-18-12(15)24-14(19-7)21-9-4-2-3-8(5-9)20-11-6-10(16)22-13(17)23-11;1-4(2)3/h2-6H,1H3,(H,20,22,23)(H,18,19,21,24);. The summed E-state index contributed by atoms with van der Waals surface area (Å²) in [6, 6.07) is 7.87. The number of rotatable bonds is 4. The highest BCUT2D eigenvalue weighted by atomic mass is 35.5. The van der Waals surface area contributed by atoms with E-state index in [1.54, 1.807) is 31.2 Å². The van der Waals surface area contributed by atoms with Crippen LogP contribution in [0.5, 0.6) is 0 Å². The van der Waals surface area contributed by atoms with Gasteiger partial charge < -0.3 is 10.6 Å². The van der Waals surface area contributed by atoms with Crippen LogP contribution in [0, 0.1) is 18.9 Å². The molecule has 0 amide bonds. The zero-order valence-electron chi connectivity index (χ0n) is 13.9. The lowest BCUT2D eigenvalue weighted by molar-refractivity contribution is 0.485. The second-order valence-corrected chi connectivity index (χ2v) is 5.60. The third kappa shape index (κ3) is 7.13. The third-order valence-corrected chi connectivity index (χ3v) is 2.95. The van der Waals surface area contributed by atoms with Crippen LogP contribution in [0.2, 0.25) is 5.28 Å². The molecular weight excluding hydrogens is 420 g/mol. The molecule has 3 rings (SSSR count). The van der Waals surface area contributed by atoms with Crippen LogP contribution in [-0.2, 0) is 10.6 Å². The minimum absolute atomic E-state index is 0.00352. The van der Waals surface area contributed by atoms with Crippen molar-refractivity contribution in [1.29, 1.82) is 0 Å². The second kappa shape index (κ2) is 9.57. The topological polar surface area (TPSA) is 140 Å². The number of aromatic nitrogens is 5. The van der Waals surface area contributed by atoms with Gasteiger partial charge in [-0.05, 0) is 36.7 Å². The van der Waals surface area contributed by atoms with Crippen molar-refractivity contribution in [1.82, 2.24) is 24.9 Å². The molecule has 0 aliphatic rings. The maximum Gasteiger partial charge on any atom is 0.425 e. The summed E-state index contributed by atoms with van der Waals surface area (Å²) in [4.78, 5) is 18.3. The molecule has 3 aromatic rings. The van der Waals surface area contributed by atoms with Crippen molar-refractivity contribution in [2.75, 3.05) is 10.6 Å². The van der Waals surface area contributed by atoms with Crippen LogP contribution in [-0.4, -0.2) is 37.5 Å². The SMILES string of the molecule is Cc1nc(Cl)nc(Nc2cccc(Nc3cc(F)nc(F)n3)c2)n1.O=S(=O)=O. The van der Waals surface area contributed by atoms with E-state index in [9.17, 15) is 8.78 Å². The van der Waals surface area contributed by atoms with Crippen molar-refractivity contribution in [2.24, 2.45) is 0 Å². The maximum absolute atomic E-state index is 13.1. The van der Waals surface area contributed by atoms with Crippen molar-refractivity contribution in [3.8, 4) is 0 Å². The minimum atomic E-state index is -3.11. The summed E-state index contributed by atoms with van der Waals surface area (Å²) in [5.41, 5.74) is 1.19. The van der Waals surface area contributed by atoms with Gasteiger partial charge >= 0.3 is 16.7 Å². The number of benzene rings is 1. The van der Waals surface area contributed by atoms with Gasteiger partial charge in [-0.1, -0.05) is 6.07 Å². The molecule has 146 valence electrons. The minimum Gasteiger partial charge on any atom is -0.340 e. The molecule has 0 saturated carbocycles. The lowest BCUT2D eigenvalue weighted by Crippen LogP contribution is -2.02. The molecule has 0 aliphatic heterocycles. The van der Waals surface area contributed by atoms with E-state index < -0.39 is 22.6 Å². The van der Waals surface area contributed by atoms with Crippen LogP contribution in [0.25, 0.3) is 0 Å². The Bertz CT molecular complexity index is 987. The number of anilines is 4. The number of hydrogen-bond donors (Lipinski definition) is 2. The summed E-state index contributed by atoms with van der Waals surface area (Å²) in [7, 11) is -3.11. The summed E-state index contributed by atoms with van der Waals surface area (Å²) < 4.78 is 51.5. The molecule has 0 fully saturated rings. The van der Waals surface area contributed by atoms with E-state index >= 15 is 0 Å². The van der Waals surface area contributed by atoms with Crippen molar-refractivity contribution in [2.45, 2.75) is 6.92 Å². The molecule has 0 unspecified atom stereocenters. The normalized spacial score (nSPS) is 9.86. The van der Waals surface area contributed by atoms with Gasteiger partial charge in [0.1, 0.15) is 11.6 Å². The first-order valence-electron chi connectivity index (χ1n) is 7.20. The van der Waals surface area contributed by atoms with E-state index in [1.165, 1.54) is 0 Å². The van der Waals surface area contributed by atoms with Crippen LogP contribution in [0.1, 0.15) is 5.82 Å². The van der Waals surface area contributed by atoms with Gasteiger partial charge in [0, 0.05) is 17.4 Å². The Hall–Kier alpha value is -3.32. The van der Waals surface area contributed by atoms with E-state index in [-0.39, 0.29) is 17.0 Å². The fraction of sp³-hybridized carbons (Fsp3) is 0.0714. The van der Waals surface area contributed by atoms with Crippen LogP contribution in [0.4, 0.5) is 31.9 Å². The molecule has 0 aliphatic carbocycles. The molecule has 2 heterocycles. The highest BCUT2D eigenvalue weighted by Gasteiger charge is 2.06. The van der Waals surface area contributed by atoms with Gasteiger partial charge in [0.25, 0.3) is 0 Å². The third-order valence-electron chi connectivity index (χ3n) is 2.78. The Labute approximate surface area is 163 Å². The number of nitrogens with zero attached hydrogens (tertiary/aromatic N) is 5. The van der Waals surface area contributed by atoms with E-state index in [1.807, 2.05) is 0 Å². The largest absolute Gasteiger partial charge is 0.425 e. The number of nitrogens with one attached hydrogen (secondary N) is 2. The molecule has 0 spiro atoms. The molecule has 0 atom stereocenters. The van der Waals surface area contributed by atoms with Gasteiger partial charge in [-0.3, -0.25) is 0 Å². The Kier molecular flexibility index (Phi) is 7.17. The van der Waals surface area contributed by atoms with Crippen molar-refractivity contribution >= 4 is 45.4 Å². The predicted molar refractivity (Wildman–Crippen MR) is 94.2 cm³/mol. The lowest BCUT2D eigenvalue weighted by Gasteiger charge is -2.09. The number of aryl methyl sites for hydroxylation is 1. The monoisotopic (exact) mass is 429 g/mol. The molecule has 10 nitrogen and oxygen atoms in total. The molecular formula is C14H10ClF2N7O3S. The Morgan fingerprint density at radius 3 is 2.18 bits per heavy atom. The van der Waals surface area contributed by atoms with Gasteiger partial charge in [-0.2, -0.15) is 28.7 Å². The first kappa shape index (κ1) is 21.0. The lowest BCUT2D eigenvalue weighted by atomic mass is 10.2. The summed E-state index contributed by atoms with van der Waals surface area (Å²) in [5, 5.41) is 5.83. The van der Waals surface area contributed by atoms with Crippen LogP contribution in [0.3, 0.4) is 0 Å². The number of halogens is 3. The predicted octanol–water partition coefficient (Wildman–Crippen LogP) is 2.38. The zero-order chi connectivity index (χ0) is 20.7. The molecule has 1 aromatic carbocycles. The quantitative estimate of drug-likeness (QED) is 0.469. The van der Waals surface area contributed by atoms with Gasteiger partial charge in [0.15, 0.2) is 0 Å². The molecule has 0 radical (unpaired) electrons. The first-order valence-corrected chi connectivity index (χ1v) is 8.58. The average Bonchev–Trinajstić information content (AvgIpc) is 2.52. The zero-order valence-corrected chi connectivity index (χ0v) is 15.5. The summed E-state index contributed by atoms with van der Waals surface area (Å²) in [6.07, 6.45) is -1.15. The van der Waals surface area contributed by atoms with Gasteiger partial charge in [0.05, 0.1) is 0 Å². The van der Waals surface area contributed by atoms with Gasteiger partial charge in [-0.15, -0.1) is 12.6 Å². The second-order valence-electron chi connectivity index (χ2n) is 4.86. The Balaban J connectivity index is 0.000000640. The van der Waals surface area contributed by atoms with Crippen LogP contribution in [0.15, 0.2) is 30.3 Å². The van der Waals surface area contributed by atoms with Crippen molar-refractivity contribution in [3.63, 3.8) is 0 Å². The van der Waals surface area contributed by atoms with E-state index in [2.05, 4.69) is 35.6 Å². The molecule has 14 heteroatoms. The first-order chi connectivity index (χ1) is 13.2. The van der Waals surface area contributed by atoms with Crippen LogP contribution >= 0.6 is 11.6 Å². The summed E-state index contributed by atoms with van der Waals surface area (Å²) >= 11 is 5.78. The molecule has 2 N–H and O–H groups in total.